The molecule has 1 aromatic carbocycles. The Morgan fingerprint density at radius 1 is 1.40 bits per heavy atom. The van der Waals surface area contributed by atoms with E-state index in [-0.39, 0.29) is 6.42 Å². The number of hydrogen-bond acceptors (Lipinski definition) is 2. The predicted octanol–water partition coefficient (Wildman–Crippen LogP) is 2.06. The fourth-order valence-corrected chi connectivity index (χ4v) is 1.97. The molecule has 0 radical (unpaired) electrons. The number of carboxylic acids is 1. The summed E-state index contributed by atoms with van der Waals surface area (Å²) in [6, 6.07) is 5.91. The van der Waals surface area contributed by atoms with Gasteiger partial charge in [-0.05, 0) is 36.5 Å². The molecule has 3 heteroatoms. The van der Waals surface area contributed by atoms with E-state index >= 15 is 0 Å². The van der Waals surface area contributed by atoms with Gasteiger partial charge in [0, 0.05) is 12.2 Å². The summed E-state index contributed by atoms with van der Waals surface area (Å²) in [5.41, 5.74) is 3.32. The van der Waals surface area contributed by atoms with Crippen molar-refractivity contribution in [3.05, 3.63) is 29.3 Å². The molecule has 1 aliphatic rings. The molecule has 0 atom stereocenters. The number of anilines is 1. The standard InChI is InChI=1S/C12H15NO2/c14-12(15)8-9-4-5-11-10(7-9)3-1-2-6-13-11/h4-5,7,13H,1-3,6,8H2,(H,14,15). The highest BCUT2D eigenvalue weighted by atomic mass is 16.4. The molecule has 15 heavy (non-hydrogen) atoms. The number of carbonyl (C=O) groups is 1. The zero-order valence-electron chi connectivity index (χ0n) is 8.62. The first-order valence-corrected chi connectivity index (χ1v) is 5.33. The van der Waals surface area contributed by atoms with Gasteiger partial charge in [-0.1, -0.05) is 12.1 Å². The van der Waals surface area contributed by atoms with Gasteiger partial charge in [0.25, 0.3) is 0 Å². The van der Waals surface area contributed by atoms with Gasteiger partial charge < -0.3 is 10.4 Å². The summed E-state index contributed by atoms with van der Waals surface area (Å²) in [5.74, 6) is -0.767. The molecule has 0 amide bonds. The molecular weight excluding hydrogens is 190 g/mol. The number of fused-ring (bicyclic) bond motifs is 1. The van der Waals surface area contributed by atoms with Crippen molar-refractivity contribution in [2.45, 2.75) is 25.7 Å². The Morgan fingerprint density at radius 2 is 2.27 bits per heavy atom. The van der Waals surface area contributed by atoms with E-state index < -0.39 is 5.97 Å². The SMILES string of the molecule is O=C(O)Cc1ccc2c(c1)CCCCN2. The van der Waals surface area contributed by atoms with Crippen LogP contribution in [0, 0.1) is 0 Å². The summed E-state index contributed by atoms with van der Waals surface area (Å²) in [6.07, 6.45) is 3.53. The van der Waals surface area contributed by atoms with E-state index in [0.29, 0.717) is 0 Å². The third-order valence-corrected chi connectivity index (χ3v) is 2.71. The average molecular weight is 205 g/mol. The number of rotatable bonds is 2. The first kappa shape index (κ1) is 10.0. The van der Waals surface area contributed by atoms with Crippen molar-refractivity contribution in [1.82, 2.24) is 0 Å². The lowest BCUT2D eigenvalue weighted by Crippen LogP contribution is -2.03. The fraction of sp³-hybridized carbons (Fsp3) is 0.417. The fourth-order valence-electron chi connectivity index (χ4n) is 1.97. The van der Waals surface area contributed by atoms with Crippen LogP contribution in [0.5, 0.6) is 0 Å². The highest BCUT2D eigenvalue weighted by molar-refractivity contribution is 5.71. The molecule has 2 N–H and O–H groups in total. The second-order valence-electron chi connectivity index (χ2n) is 3.95. The quantitative estimate of drug-likeness (QED) is 0.777. The van der Waals surface area contributed by atoms with Gasteiger partial charge in [0.05, 0.1) is 6.42 Å². The number of nitrogens with one attached hydrogen (secondary N) is 1. The van der Waals surface area contributed by atoms with Gasteiger partial charge in [0.2, 0.25) is 0 Å². The second-order valence-corrected chi connectivity index (χ2v) is 3.95. The van der Waals surface area contributed by atoms with Crippen LogP contribution in [0.2, 0.25) is 0 Å². The van der Waals surface area contributed by atoms with Crippen molar-refractivity contribution in [2.75, 3.05) is 11.9 Å². The van der Waals surface area contributed by atoms with E-state index in [0.717, 1.165) is 18.5 Å². The van der Waals surface area contributed by atoms with E-state index in [2.05, 4.69) is 5.32 Å². The summed E-state index contributed by atoms with van der Waals surface area (Å²) in [7, 11) is 0. The first-order chi connectivity index (χ1) is 7.25. The third kappa shape index (κ3) is 2.49. The number of hydrogen-bond donors (Lipinski definition) is 2. The summed E-state index contributed by atoms with van der Waals surface area (Å²) in [4.78, 5) is 10.6. The van der Waals surface area contributed by atoms with Gasteiger partial charge in [0.15, 0.2) is 0 Å². The molecule has 1 heterocycles. The zero-order chi connectivity index (χ0) is 10.7. The lowest BCUT2D eigenvalue weighted by Gasteiger charge is -2.08. The minimum absolute atomic E-state index is 0.118. The molecule has 1 aromatic rings. The summed E-state index contributed by atoms with van der Waals surface area (Å²) in [5, 5.41) is 12.1. The van der Waals surface area contributed by atoms with Crippen LogP contribution in [0.1, 0.15) is 24.0 Å². The number of benzene rings is 1. The molecule has 0 saturated carbocycles. The maximum atomic E-state index is 10.6. The van der Waals surface area contributed by atoms with Crippen LogP contribution in [0.25, 0.3) is 0 Å². The van der Waals surface area contributed by atoms with Crippen LogP contribution in [0.3, 0.4) is 0 Å². The largest absolute Gasteiger partial charge is 0.481 e. The molecule has 0 bridgehead atoms. The highest BCUT2D eigenvalue weighted by Crippen LogP contribution is 2.22. The van der Waals surface area contributed by atoms with Crippen LogP contribution < -0.4 is 5.32 Å². The Balaban J connectivity index is 2.23. The van der Waals surface area contributed by atoms with Crippen molar-refractivity contribution >= 4 is 11.7 Å². The molecular formula is C12H15NO2. The van der Waals surface area contributed by atoms with Gasteiger partial charge in [-0.2, -0.15) is 0 Å². The lowest BCUT2D eigenvalue weighted by atomic mass is 10.0. The third-order valence-electron chi connectivity index (χ3n) is 2.71. The van der Waals surface area contributed by atoms with E-state index in [1.54, 1.807) is 0 Å². The van der Waals surface area contributed by atoms with Gasteiger partial charge in [-0.3, -0.25) is 4.79 Å². The van der Waals surface area contributed by atoms with Crippen LogP contribution in [-0.2, 0) is 17.6 Å². The Labute approximate surface area is 89.1 Å². The van der Waals surface area contributed by atoms with Crippen molar-refractivity contribution in [2.24, 2.45) is 0 Å². The maximum absolute atomic E-state index is 10.6. The van der Waals surface area contributed by atoms with Gasteiger partial charge >= 0.3 is 5.97 Å². The molecule has 0 fully saturated rings. The van der Waals surface area contributed by atoms with Gasteiger partial charge in [0.1, 0.15) is 0 Å². The number of aliphatic carboxylic acids is 1. The van der Waals surface area contributed by atoms with Crippen LogP contribution in [0.4, 0.5) is 5.69 Å². The Hall–Kier alpha value is -1.51. The Kier molecular flexibility index (Phi) is 2.90. The maximum Gasteiger partial charge on any atom is 0.307 e. The molecule has 0 aromatic heterocycles. The first-order valence-electron chi connectivity index (χ1n) is 5.33. The lowest BCUT2D eigenvalue weighted by molar-refractivity contribution is -0.136. The zero-order valence-corrected chi connectivity index (χ0v) is 8.62. The molecule has 0 unspecified atom stereocenters. The van der Waals surface area contributed by atoms with Crippen LogP contribution in [0.15, 0.2) is 18.2 Å². The minimum Gasteiger partial charge on any atom is -0.481 e. The van der Waals surface area contributed by atoms with Crippen molar-refractivity contribution in [3.8, 4) is 0 Å². The van der Waals surface area contributed by atoms with Crippen LogP contribution in [-0.4, -0.2) is 17.6 Å². The number of carboxylic acid groups (broad SMARTS) is 1. The summed E-state index contributed by atoms with van der Waals surface area (Å²) >= 11 is 0. The monoisotopic (exact) mass is 205 g/mol. The Bertz CT molecular complexity index is 374. The van der Waals surface area contributed by atoms with Crippen molar-refractivity contribution < 1.29 is 9.90 Å². The molecule has 0 spiro atoms. The topological polar surface area (TPSA) is 49.3 Å². The average Bonchev–Trinajstić information content (AvgIpc) is 2.41. The molecule has 0 aliphatic carbocycles. The van der Waals surface area contributed by atoms with E-state index in [9.17, 15) is 4.79 Å². The van der Waals surface area contributed by atoms with Crippen molar-refractivity contribution in [1.29, 1.82) is 0 Å². The predicted molar refractivity (Wildman–Crippen MR) is 59.2 cm³/mol. The van der Waals surface area contributed by atoms with Crippen molar-refractivity contribution in [3.63, 3.8) is 0 Å². The van der Waals surface area contributed by atoms with Gasteiger partial charge in [-0.25, -0.2) is 0 Å². The molecule has 0 saturated heterocycles. The van der Waals surface area contributed by atoms with Crippen LogP contribution >= 0.6 is 0 Å². The van der Waals surface area contributed by atoms with E-state index in [1.807, 2.05) is 18.2 Å². The molecule has 2 rings (SSSR count). The minimum atomic E-state index is -0.767. The van der Waals surface area contributed by atoms with Gasteiger partial charge in [-0.15, -0.1) is 0 Å². The van der Waals surface area contributed by atoms with E-state index in [1.165, 1.54) is 24.1 Å². The summed E-state index contributed by atoms with van der Waals surface area (Å²) < 4.78 is 0. The second kappa shape index (κ2) is 4.34. The molecule has 80 valence electrons. The normalized spacial score (nSPS) is 14.9. The Morgan fingerprint density at radius 3 is 3.07 bits per heavy atom. The molecule has 3 nitrogen and oxygen atoms in total. The smallest absolute Gasteiger partial charge is 0.307 e. The molecule has 1 aliphatic heterocycles. The summed E-state index contributed by atoms with van der Waals surface area (Å²) in [6.45, 7) is 1.02. The number of aryl methyl sites for hydroxylation is 1. The highest BCUT2D eigenvalue weighted by Gasteiger charge is 2.08. The van der Waals surface area contributed by atoms with E-state index in [4.69, 9.17) is 5.11 Å².